The third-order valence-corrected chi connectivity index (χ3v) is 6.12. The molecule has 0 saturated heterocycles. The van der Waals surface area contributed by atoms with E-state index < -0.39 is 0 Å². The largest absolute Gasteiger partial charge is 0.310 e. The lowest BCUT2D eigenvalue weighted by Gasteiger charge is -2.38. The molecule has 1 heterocycles. The normalized spacial score (nSPS) is 19.5. The summed E-state index contributed by atoms with van der Waals surface area (Å²) in [4.78, 5) is 0. The Morgan fingerprint density at radius 1 is 1.20 bits per heavy atom. The van der Waals surface area contributed by atoms with Gasteiger partial charge in [-0.15, -0.1) is 11.3 Å². The van der Waals surface area contributed by atoms with Crippen molar-refractivity contribution < 1.29 is 0 Å². The molecule has 20 heavy (non-hydrogen) atoms. The summed E-state index contributed by atoms with van der Waals surface area (Å²) in [7, 11) is 0. The monoisotopic (exact) mass is 287 g/mol. The summed E-state index contributed by atoms with van der Waals surface area (Å²) < 4.78 is 1.48. The summed E-state index contributed by atoms with van der Waals surface area (Å²) in [6.07, 6.45) is 6.84. The van der Waals surface area contributed by atoms with E-state index in [1.54, 1.807) is 0 Å². The molecule has 1 unspecified atom stereocenters. The minimum atomic E-state index is 0.467. The third-order valence-electron chi connectivity index (χ3n) is 5.14. The maximum Gasteiger partial charge on any atom is 0.0391 e. The topological polar surface area (TPSA) is 12.0 Å². The fraction of sp³-hybridized carbons (Fsp3) is 0.556. The Morgan fingerprint density at radius 3 is 2.70 bits per heavy atom. The van der Waals surface area contributed by atoms with Crippen LogP contribution in [0.5, 0.6) is 0 Å². The van der Waals surface area contributed by atoms with Crippen LogP contribution >= 0.6 is 11.3 Å². The molecule has 0 spiro atoms. The standard InChI is InChI=1S/C18H25NS/c1-3-18(11-5-6-12-18)17(19-4-2)15-9-7-8-14-10-13-20-16(14)15/h7-10,13,17,19H,3-6,11-12H2,1-2H3. The van der Waals surface area contributed by atoms with Crippen LogP contribution in [0, 0.1) is 5.41 Å². The Labute approximate surface area is 126 Å². The van der Waals surface area contributed by atoms with Gasteiger partial charge in [0.2, 0.25) is 0 Å². The van der Waals surface area contributed by atoms with Crippen molar-refractivity contribution in [3.05, 3.63) is 35.2 Å². The lowest BCUT2D eigenvalue weighted by atomic mass is 9.73. The molecule has 1 nitrogen and oxygen atoms in total. The number of rotatable bonds is 5. The van der Waals surface area contributed by atoms with Gasteiger partial charge >= 0.3 is 0 Å². The predicted molar refractivity (Wildman–Crippen MR) is 89.4 cm³/mol. The Hall–Kier alpha value is -0.860. The first-order valence-electron chi connectivity index (χ1n) is 8.00. The fourth-order valence-electron chi connectivity index (χ4n) is 4.03. The number of thiophene rings is 1. The second kappa shape index (κ2) is 5.87. The van der Waals surface area contributed by atoms with Gasteiger partial charge in [0, 0.05) is 10.7 Å². The molecular formula is C18H25NS. The quantitative estimate of drug-likeness (QED) is 0.763. The van der Waals surface area contributed by atoms with Crippen molar-refractivity contribution in [2.75, 3.05) is 6.54 Å². The van der Waals surface area contributed by atoms with Crippen LogP contribution in [-0.4, -0.2) is 6.54 Å². The Morgan fingerprint density at radius 2 is 2.00 bits per heavy atom. The summed E-state index contributed by atoms with van der Waals surface area (Å²) in [5, 5.41) is 7.45. The Balaban J connectivity index is 2.08. The van der Waals surface area contributed by atoms with Crippen LogP contribution in [0.1, 0.15) is 57.6 Å². The molecule has 3 rings (SSSR count). The maximum absolute atomic E-state index is 3.82. The summed E-state index contributed by atoms with van der Waals surface area (Å²) in [5.74, 6) is 0. The van der Waals surface area contributed by atoms with Crippen LogP contribution in [0.15, 0.2) is 29.6 Å². The van der Waals surface area contributed by atoms with Gasteiger partial charge in [0.25, 0.3) is 0 Å². The zero-order chi connectivity index (χ0) is 14.0. The van der Waals surface area contributed by atoms with E-state index in [-0.39, 0.29) is 0 Å². The van der Waals surface area contributed by atoms with E-state index in [1.807, 2.05) is 11.3 Å². The van der Waals surface area contributed by atoms with Gasteiger partial charge in [-0.2, -0.15) is 0 Å². The van der Waals surface area contributed by atoms with Crippen molar-refractivity contribution >= 4 is 21.4 Å². The van der Waals surface area contributed by atoms with Gasteiger partial charge in [-0.05, 0) is 53.6 Å². The second-order valence-corrected chi connectivity index (χ2v) is 7.02. The number of benzene rings is 1. The van der Waals surface area contributed by atoms with Crippen LogP contribution in [0.25, 0.3) is 10.1 Å². The molecule has 0 amide bonds. The highest BCUT2D eigenvalue weighted by atomic mass is 32.1. The third kappa shape index (κ3) is 2.29. The summed E-state index contributed by atoms with van der Waals surface area (Å²) in [6, 6.07) is 9.59. The highest BCUT2D eigenvalue weighted by Crippen LogP contribution is 2.51. The fourth-order valence-corrected chi connectivity index (χ4v) is 4.97. The molecule has 1 saturated carbocycles. The van der Waals surface area contributed by atoms with Crippen LogP contribution in [0.3, 0.4) is 0 Å². The van der Waals surface area contributed by atoms with E-state index in [4.69, 9.17) is 0 Å². The van der Waals surface area contributed by atoms with Crippen molar-refractivity contribution in [1.82, 2.24) is 5.32 Å². The van der Waals surface area contributed by atoms with E-state index >= 15 is 0 Å². The SMILES string of the molecule is CCNC(c1cccc2ccsc12)C1(CC)CCCC1. The van der Waals surface area contributed by atoms with Gasteiger partial charge in [-0.1, -0.05) is 44.9 Å². The van der Waals surface area contributed by atoms with E-state index in [2.05, 4.69) is 48.8 Å². The van der Waals surface area contributed by atoms with Crippen molar-refractivity contribution in [3.63, 3.8) is 0 Å². The summed E-state index contributed by atoms with van der Waals surface area (Å²) in [5.41, 5.74) is 2.00. The van der Waals surface area contributed by atoms with Crippen molar-refractivity contribution in [1.29, 1.82) is 0 Å². The van der Waals surface area contributed by atoms with Crippen molar-refractivity contribution in [2.45, 2.75) is 52.0 Å². The molecule has 1 N–H and O–H groups in total. The minimum Gasteiger partial charge on any atom is -0.310 e. The van der Waals surface area contributed by atoms with Gasteiger partial charge < -0.3 is 5.32 Å². The van der Waals surface area contributed by atoms with Crippen molar-refractivity contribution in [3.8, 4) is 0 Å². The zero-order valence-corrected chi connectivity index (χ0v) is 13.4. The molecule has 1 fully saturated rings. The molecule has 1 aliphatic rings. The van der Waals surface area contributed by atoms with Gasteiger partial charge in [-0.3, -0.25) is 0 Å². The highest BCUT2D eigenvalue weighted by molar-refractivity contribution is 7.17. The highest BCUT2D eigenvalue weighted by Gasteiger charge is 2.40. The smallest absolute Gasteiger partial charge is 0.0391 e. The minimum absolute atomic E-state index is 0.467. The van der Waals surface area contributed by atoms with E-state index in [0.29, 0.717) is 11.5 Å². The zero-order valence-electron chi connectivity index (χ0n) is 12.6. The molecule has 1 aromatic carbocycles. The number of hydrogen-bond donors (Lipinski definition) is 1. The van der Waals surface area contributed by atoms with Gasteiger partial charge in [0.1, 0.15) is 0 Å². The first-order chi connectivity index (χ1) is 9.80. The van der Waals surface area contributed by atoms with Crippen LogP contribution < -0.4 is 5.32 Å². The van der Waals surface area contributed by atoms with Gasteiger partial charge in [-0.25, -0.2) is 0 Å². The number of hydrogen-bond acceptors (Lipinski definition) is 2. The van der Waals surface area contributed by atoms with Crippen LogP contribution in [0.4, 0.5) is 0 Å². The average molecular weight is 287 g/mol. The first kappa shape index (κ1) is 14.1. The van der Waals surface area contributed by atoms with Gasteiger partial charge in [0.05, 0.1) is 0 Å². The molecule has 108 valence electrons. The first-order valence-corrected chi connectivity index (χ1v) is 8.88. The molecule has 0 aliphatic heterocycles. The van der Waals surface area contributed by atoms with Crippen molar-refractivity contribution in [2.24, 2.45) is 5.41 Å². The van der Waals surface area contributed by atoms with E-state index in [0.717, 1.165) is 6.54 Å². The number of nitrogens with one attached hydrogen (secondary N) is 1. The summed E-state index contributed by atoms with van der Waals surface area (Å²) >= 11 is 1.90. The van der Waals surface area contributed by atoms with Gasteiger partial charge in [0.15, 0.2) is 0 Å². The van der Waals surface area contributed by atoms with Crippen LogP contribution in [-0.2, 0) is 0 Å². The van der Waals surface area contributed by atoms with E-state index in [1.165, 1.54) is 47.8 Å². The average Bonchev–Trinajstić information content (AvgIpc) is 3.13. The molecular weight excluding hydrogens is 262 g/mol. The van der Waals surface area contributed by atoms with Crippen LogP contribution in [0.2, 0.25) is 0 Å². The molecule has 0 radical (unpaired) electrons. The predicted octanol–water partition coefficient (Wildman–Crippen LogP) is 5.52. The second-order valence-electron chi connectivity index (χ2n) is 6.10. The molecule has 1 atom stereocenters. The molecule has 2 aromatic rings. The summed E-state index contributed by atoms with van der Waals surface area (Å²) in [6.45, 7) is 5.66. The maximum atomic E-state index is 3.82. The lowest BCUT2D eigenvalue weighted by molar-refractivity contribution is 0.190. The lowest BCUT2D eigenvalue weighted by Crippen LogP contribution is -2.36. The number of fused-ring (bicyclic) bond motifs is 1. The molecule has 1 aliphatic carbocycles. The molecule has 1 aromatic heterocycles. The van der Waals surface area contributed by atoms with E-state index in [9.17, 15) is 0 Å². The Kier molecular flexibility index (Phi) is 4.13. The molecule has 2 heteroatoms. The molecule has 0 bridgehead atoms. The Bertz CT molecular complexity index is 566.